The van der Waals surface area contributed by atoms with Crippen molar-refractivity contribution in [2.45, 2.75) is 13.3 Å². The Morgan fingerprint density at radius 3 is 2.67 bits per heavy atom. The minimum Gasteiger partial charge on any atom is -0.366 e. The molecule has 0 saturated carbocycles. The molecule has 1 rings (SSSR count). The maximum atomic E-state index is 11.1. The Bertz CT molecular complexity index is 404. The molecule has 0 atom stereocenters. The Labute approximate surface area is 92.4 Å². The van der Waals surface area contributed by atoms with Crippen molar-refractivity contribution in [1.82, 2.24) is 0 Å². The summed E-state index contributed by atoms with van der Waals surface area (Å²) in [6, 6.07) is 4.48. The Morgan fingerprint density at radius 1 is 1.47 bits per heavy atom. The largest absolute Gasteiger partial charge is 0.366 e. The molecular weight excluding hydrogens is 216 g/mol. The molecule has 0 aliphatic heterocycles. The van der Waals surface area contributed by atoms with Gasteiger partial charge in [0, 0.05) is 12.0 Å². The molecule has 0 unspecified atom stereocenters. The van der Waals surface area contributed by atoms with Crippen molar-refractivity contribution in [2.75, 3.05) is 5.32 Å². The summed E-state index contributed by atoms with van der Waals surface area (Å²) >= 11 is 5.84. The van der Waals surface area contributed by atoms with Crippen molar-refractivity contribution in [2.24, 2.45) is 5.73 Å². The fourth-order valence-electron chi connectivity index (χ4n) is 1.01. The number of rotatable bonds is 3. The highest BCUT2D eigenvalue weighted by Gasteiger charge is 2.07. The summed E-state index contributed by atoms with van der Waals surface area (Å²) in [7, 11) is 0. The molecule has 0 fully saturated rings. The average molecular weight is 227 g/mol. The van der Waals surface area contributed by atoms with Crippen molar-refractivity contribution < 1.29 is 9.59 Å². The van der Waals surface area contributed by atoms with Crippen LogP contribution in [-0.2, 0) is 4.79 Å². The Kier molecular flexibility index (Phi) is 3.68. The topological polar surface area (TPSA) is 72.2 Å². The first-order chi connectivity index (χ1) is 7.04. The fraction of sp³-hybridized carbons (Fsp3) is 0.200. The normalized spacial score (nSPS) is 9.73. The van der Waals surface area contributed by atoms with Gasteiger partial charge in [0.1, 0.15) is 0 Å². The van der Waals surface area contributed by atoms with E-state index in [1.807, 2.05) is 0 Å². The Balaban J connectivity index is 3.00. The number of halogens is 1. The van der Waals surface area contributed by atoms with Crippen LogP contribution in [0.3, 0.4) is 0 Å². The van der Waals surface area contributed by atoms with Crippen LogP contribution in [0.5, 0.6) is 0 Å². The second kappa shape index (κ2) is 4.79. The maximum absolute atomic E-state index is 11.1. The zero-order valence-corrected chi connectivity index (χ0v) is 8.97. The standard InChI is InChI=1S/C10H11ClN2O2/c1-2-9(14)13-8-5-6(10(12)15)3-4-7(8)11/h3-5H,2H2,1H3,(H2,12,15)(H,13,14). The maximum Gasteiger partial charge on any atom is 0.248 e. The highest BCUT2D eigenvalue weighted by molar-refractivity contribution is 6.33. The van der Waals surface area contributed by atoms with E-state index < -0.39 is 5.91 Å². The zero-order valence-electron chi connectivity index (χ0n) is 8.21. The van der Waals surface area contributed by atoms with E-state index >= 15 is 0 Å². The van der Waals surface area contributed by atoms with Gasteiger partial charge in [-0.15, -0.1) is 0 Å². The lowest BCUT2D eigenvalue weighted by Crippen LogP contribution is -2.13. The van der Waals surface area contributed by atoms with Crippen LogP contribution in [0.15, 0.2) is 18.2 Å². The molecule has 0 spiro atoms. The molecule has 3 N–H and O–H groups in total. The van der Waals surface area contributed by atoms with Gasteiger partial charge < -0.3 is 11.1 Å². The number of hydrogen-bond donors (Lipinski definition) is 2. The lowest BCUT2D eigenvalue weighted by Gasteiger charge is -2.06. The van der Waals surface area contributed by atoms with E-state index in [0.29, 0.717) is 22.7 Å². The highest BCUT2D eigenvalue weighted by atomic mass is 35.5. The number of carbonyl (C=O) groups excluding carboxylic acids is 2. The molecule has 0 aliphatic carbocycles. The van der Waals surface area contributed by atoms with Crippen molar-refractivity contribution in [3.63, 3.8) is 0 Å². The monoisotopic (exact) mass is 226 g/mol. The summed E-state index contributed by atoms with van der Waals surface area (Å²) in [6.07, 6.45) is 0.344. The van der Waals surface area contributed by atoms with Crippen LogP contribution in [0.1, 0.15) is 23.7 Å². The van der Waals surface area contributed by atoms with Gasteiger partial charge in [0.05, 0.1) is 10.7 Å². The van der Waals surface area contributed by atoms with Crippen molar-refractivity contribution in [3.05, 3.63) is 28.8 Å². The van der Waals surface area contributed by atoms with Crippen molar-refractivity contribution >= 4 is 29.1 Å². The van der Waals surface area contributed by atoms with E-state index in [0.717, 1.165) is 0 Å². The second-order valence-electron chi connectivity index (χ2n) is 2.96. The lowest BCUT2D eigenvalue weighted by atomic mass is 10.2. The number of anilines is 1. The molecule has 0 heterocycles. The van der Waals surface area contributed by atoms with Gasteiger partial charge in [0.25, 0.3) is 0 Å². The minimum atomic E-state index is -0.557. The summed E-state index contributed by atoms with van der Waals surface area (Å²) < 4.78 is 0. The van der Waals surface area contributed by atoms with Gasteiger partial charge in [-0.1, -0.05) is 18.5 Å². The molecular formula is C10H11ClN2O2. The quantitative estimate of drug-likeness (QED) is 0.825. The summed E-state index contributed by atoms with van der Waals surface area (Å²) in [5, 5.41) is 2.95. The second-order valence-corrected chi connectivity index (χ2v) is 3.37. The number of hydrogen-bond acceptors (Lipinski definition) is 2. The SMILES string of the molecule is CCC(=O)Nc1cc(C(N)=O)ccc1Cl. The van der Waals surface area contributed by atoms with E-state index in [1.54, 1.807) is 6.92 Å². The number of nitrogens with two attached hydrogens (primary N) is 1. The van der Waals surface area contributed by atoms with E-state index in [9.17, 15) is 9.59 Å². The van der Waals surface area contributed by atoms with Crippen LogP contribution >= 0.6 is 11.6 Å². The van der Waals surface area contributed by atoms with Crippen LogP contribution in [0, 0.1) is 0 Å². The lowest BCUT2D eigenvalue weighted by molar-refractivity contribution is -0.115. The summed E-state index contributed by atoms with van der Waals surface area (Å²) in [6.45, 7) is 1.72. The predicted octanol–water partition coefficient (Wildman–Crippen LogP) is 1.79. The average Bonchev–Trinajstić information content (AvgIpc) is 2.20. The van der Waals surface area contributed by atoms with Crippen LogP contribution in [0.25, 0.3) is 0 Å². The van der Waals surface area contributed by atoms with Gasteiger partial charge in [-0.05, 0) is 18.2 Å². The third kappa shape index (κ3) is 2.95. The molecule has 0 bridgehead atoms. The van der Waals surface area contributed by atoms with Crippen LogP contribution in [-0.4, -0.2) is 11.8 Å². The molecule has 1 aromatic rings. The molecule has 5 heteroatoms. The minimum absolute atomic E-state index is 0.168. The van der Waals surface area contributed by atoms with E-state index in [4.69, 9.17) is 17.3 Å². The van der Waals surface area contributed by atoms with E-state index in [1.165, 1.54) is 18.2 Å². The van der Waals surface area contributed by atoms with E-state index in [2.05, 4.69) is 5.32 Å². The van der Waals surface area contributed by atoms with Gasteiger partial charge in [-0.3, -0.25) is 9.59 Å². The fourth-order valence-corrected chi connectivity index (χ4v) is 1.18. The van der Waals surface area contributed by atoms with Gasteiger partial charge in [0.2, 0.25) is 11.8 Å². The molecule has 0 aliphatic rings. The Morgan fingerprint density at radius 2 is 2.13 bits per heavy atom. The van der Waals surface area contributed by atoms with Crippen LogP contribution < -0.4 is 11.1 Å². The summed E-state index contributed by atoms with van der Waals surface area (Å²) in [5.41, 5.74) is 5.81. The third-order valence-corrected chi connectivity index (χ3v) is 2.18. The van der Waals surface area contributed by atoms with Crippen molar-refractivity contribution in [3.8, 4) is 0 Å². The van der Waals surface area contributed by atoms with Gasteiger partial charge >= 0.3 is 0 Å². The summed E-state index contributed by atoms with van der Waals surface area (Å²) in [4.78, 5) is 22.0. The molecule has 2 amide bonds. The number of primary amides is 1. The molecule has 0 saturated heterocycles. The van der Waals surface area contributed by atoms with Crippen molar-refractivity contribution in [1.29, 1.82) is 0 Å². The molecule has 1 aromatic carbocycles. The molecule has 0 aromatic heterocycles. The first kappa shape index (κ1) is 11.5. The van der Waals surface area contributed by atoms with Gasteiger partial charge in [0.15, 0.2) is 0 Å². The predicted molar refractivity (Wildman–Crippen MR) is 58.9 cm³/mol. The number of nitrogens with one attached hydrogen (secondary N) is 1. The molecule has 4 nitrogen and oxygen atoms in total. The van der Waals surface area contributed by atoms with Gasteiger partial charge in [-0.25, -0.2) is 0 Å². The highest BCUT2D eigenvalue weighted by Crippen LogP contribution is 2.22. The summed E-state index contributed by atoms with van der Waals surface area (Å²) in [5.74, 6) is -0.725. The van der Waals surface area contributed by atoms with Gasteiger partial charge in [-0.2, -0.15) is 0 Å². The third-order valence-electron chi connectivity index (χ3n) is 1.85. The number of amides is 2. The van der Waals surface area contributed by atoms with Crippen LogP contribution in [0.4, 0.5) is 5.69 Å². The first-order valence-corrected chi connectivity index (χ1v) is 4.81. The zero-order chi connectivity index (χ0) is 11.4. The molecule has 15 heavy (non-hydrogen) atoms. The smallest absolute Gasteiger partial charge is 0.248 e. The van der Waals surface area contributed by atoms with Crippen LogP contribution in [0.2, 0.25) is 5.02 Å². The Hall–Kier alpha value is -1.55. The number of carbonyl (C=O) groups is 2. The molecule has 0 radical (unpaired) electrons. The first-order valence-electron chi connectivity index (χ1n) is 4.43. The van der Waals surface area contributed by atoms with E-state index in [-0.39, 0.29) is 5.91 Å². The number of benzene rings is 1. The molecule has 80 valence electrons.